The number of carbonyl (C=O) groups excluding carboxylic acids is 1. The molecule has 0 aromatic carbocycles. The average Bonchev–Trinajstić information content (AvgIpc) is 2.56. The van der Waals surface area contributed by atoms with E-state index in [0.29, 0.717) is 18.1 Å². The highest BCUT2D eigenvalue weighted by atomic mass is 16.8. The van der Waals surface area contributed by atoms with E-state index in [2.05, 4.69) is 0 Å². The first-order chi connectivity index (χ1) is 6.07. The molecule has 0 aromatic heterocycles. The van der Waals surface area contributed by atoms with Gasteiger partial charge in [0.05, 0.1) is 12.2 Å². The average molecular weight is 182 g/mol. The Labute approximate surface area is 77.4 Å². The quantitative estimate of drug-likeness (QED) is 0.563. The van der Waals surface area contributed by atoms with Crippen LogP contribution in [0, 0.1) is 11.8 Å². The summed E-state index contributed by atoms with van der Waals surface area (Å²) in [5, 5.41) is 0. The third-order valence-electron chi connectivity index (χ3n) is 3.46. The first kappa shape index (κ1) is 7.94. The number of carbonyl (C=O) groups is 1. The summed E-state index contributed by atoms with van der Waals surface area (Å²) < 4.78 is 11.5. The van der Waals surface area contributed by atoms with E-state index in [1.807, 2.05) is 13.8 Å². The third kappa shape index (κ3) is 0.945. The first-order valence-corrected chi connectivity index (χ1v) is 4.95. The molecule has 2 bridgehead atoms. The van der Waals surface area contributed by atoms with Gasteiger partial charge in [-0.15, -0.1) is 0 Å². The summed E-state index contributed by atoms with van der Waals surface area (Å²) >= 11 is 0. The van der Waals surface area contributed by atoms with E-state index >= 15 is 0 Å². The molecule has 72 valence electrons. The molecule has 0 radical (unpaired) electrons. The molecule has 0 unspecified atom stereocenters. The van der Waals surface area contributed by atoms with Crippen LogP contribution >= 0.6 is 0 Å². The molecule has 3 aliphatic rings. The fourth-order valence-electron chi connectivity index (χ4n) is 3.01. The lowest BCUT2D eigenvalue weighted by Crippen LogP contribution is -2.34. The standard InChI is InChI=1S/C10H14O3/c1-10(2)12-8-5-3-6(7(11)4-5)9(8)13-10/h5-6,8-9H,3-4H2,1-2H3/t5-,6+,8+,9-/m0/s1. The predicted octanol–water partition coefficient (Wildman–Crippen LogP) is 1.12. The van der Waals surface area contributed by atoms with E-state index in [0.717, 1.165) is 6.42 Å². The molecule has 3 fully saturated rings. The van der Waals surface area contributed by atoms with E-state index in [-0.39, 0.29) is 18.1 Å². The molecule has 1 aliphatic heterocycles. The minimum Gasteiger partial charge on any atom is -0.344 e. The summed E-state index contributed by atoms with van der Waals surface area (Å²) in [6.07, 6.45) is 1.95. The van der Waals surface area contributed by atoms with Gasteiger partial charge in [0.2, 0.25) is 0 Å². The number of ketones is 1. The van der Waals surface area contributed by atoms with E-state index in [4.69, 9.17) is 9.47 Å². The Balaban J connectivity index is 1.91. The smallest absolute Gasteiger partial charge is 0.163 e. The van der Waals surface area contributed by atoms with Crippen LogP contribution in [0.4, 0.5) is 0 Å². The SMILES string of the molecule is CC1(C)O[C@@H]2[C@@H]3CC(=O)[C@@H](C3)[C@@H]2O1. The van der Waals surface area contributed by atoms with Crippen molar-refractivity contribution in [3.8, 4) is 0 Å². The number of Topliss-reactive ketones (excluding diaryl/α,β-unsaturated/α-hetero) is 1. The summed E-state index contributed by atoms with van der Waals surface area (Å²) in [7, 11) is 0. The molecule has 4 atom stereocenters. The molecule has 3 rings (SSSR count). The number of ether oxygens (including phenoxy) is 2. The molecule has 0 spiro atoms. The van der Waals surface area contributed by atoms with Crippen LogP contribution in [-0.2, 0) is 14.3 Å². The van der Waals surface area contributed by atoms with Crippen molar-refractivity contribution in [1.29, 1.82) is 0 Å². The Kier molecular flexibility index (Phi) is 1.31. The number of rotatable bonds is 0. The zero-order valence-electron chi connectivity index (χ0n) is 7.95. The fourth-order valence-corrected chi connectivity index (χ4v) is 3.01. The zero-order chi connectivity index (χ0) is 9.22. The summed E-state index contributed by atoms with van der Waals surface area (Å²) in [6, 6.07) is 0. The summed E-state index contributed by atoms with van der Waals surface area (Å²) in [6.45, 7) is 3.85. The monoisotopic (exact) mass is 182 g/mol. The molecule has 0 amide bonds. The van der Waals surface area contributed by atoms with Gasteiger partial charge >= 0.3 is 0 Å². The molecule has 1 saturated heterocycles. The summed E-state index contributed by atoms with van der Waals surface area (Å²) in [4.78, 5) is 11.5. The van der Waals surface area contributed by atoms with Crippen molar-refractivity contribution in [2.75, 3.05) is 0 Å². The van der Waals surface area contributed by atoms with Crippen LogP contribution in [-0.4, -0.2) is 23.8 Å². The van der Waals surface area contributed by atoms with Crippen LogP contribution in [0.1, 0.15) is 26.7 Å². The fraction of sp³-hybridized carbons (Fsp3) is 0.900. The van der Waals surface area contributed by atoms with Crippen molar-refractivity contribution in [2.45, 2.75) is 44.7 Å². The lowest BCUT2D eigenvalue weighted by atomic mass is 9.94. The molecular formula is C10H14O3. The zero-order valence-corrected chi connectivity index (χ0v) is 7.95. The van der Waals surface area contributed by atoms with Crippen LogP contribution in [0.2, 0.25) is 0 Å². The number of hydrogen-bond donors (Lipinski definition) is 0. The van der Waals surface area contributed by atoms with Gasteiger partial charge in [0.25, 0.3) is 0 Å². The van der Waals surface area contributed by atoms with Crippen molar-refractivity contribution in [2.24, 2.45) is 11.8 Å². The maximum atomic E-state index is 11.5. The first-order valence-electron chi connectivity index (χ1n) is 4.95. The van der Waals surface area contributed by atoms with Crippen molar-refractivity contribution >= 4 is 5.78 Å². The molecule has 13 heavy (non-hydrogen) atoms. The molecule has 2 saturated carbocycles. The van der Waals surface area contributed by atoms with Gasteiger partial charge in [-0.2, -0.15) is 0 Å². The van der Waals surface area contributed by atoms with E-state index in [9.17, 15) is 4.79 Å². The topological polar surface area (TPSA) is 35.5 Å². The molecule has 3 nitrogen and oxygen atoms in total. The molecule has 1 heterocycles. The Bertz CT molecular complexity index is 271. The molecule has 0 aromatic rings. The minimum absolute atomic E-state index is 0.0567. The highest BCUT2D eigenvalue weighted by molar-refractivity contribution is 5.85. The van der Waals surface area contributed by atoms with Gasteiger partial charge in [0.1, 0.15) is 5.78 Å². The molecular weight excluding hydrogens is 168 g/mol. The van der Waals surface area contributed by atoms with Crippen molar-refractivity contribution in [3.63, 3.8) is 0 Å². The van der Waals surface area contributed by atoms with Gasteiger partial charge in [-0.1, -0.05) is 0 Å². The van der Waals surface area contributed by atoms with Gasteiger partial charge in [-0.3, -0.25) is 4.79 Å². The molecule has 2 aliphatic carbocycles. The summed E-state index contributed by atoms with van der Waals surface area (Å²) in [5.41, 5.74) is 0. The van der Waals surface area contributed by atoms with Crippen molar-refractivity contribution < 1.29 is 14.3 Å². The second kappa shape index (κ2) is 2.15. The molecule has 0 N–H and O–H groups in total. The normalized spacial score (nSPS) is 51.4. The highest BCUT2D eigenvalue weighted by Crippen LogP contribution is 2.51. The van der Waals surface area contributed by atoms with Crippen molar-refractivity contribution in [3.05, 3.63) is 0 Å². The van der Waals surface area contributed by atoms with E-state index < -0.39 is 5.79 Å². The minimum atomic E-state index is -0.475. The second-order valence-corrected chi connectivity index (χ2v) is 4.84. The number of hydrogen-bond acceptors (Lipinski definition) is 3. The van der Waals surface area contributed by atoms with E-state index in [1.165, 1.54) is 0 Å². The summed E-state index contributed by atoms with van der Waals surface area (Å²) in [5.74, 6) is 0.477. The Morgan fingerprint density at radius 3 is 2.77 bits per heavy atom. The maximum Gasteiger partial charge on any atom is 0.163 e. The lowest BCUT2D eigenvalue weighted by molar-refractivity contribution is -0.157. The number of fused-ring (bicyclic) bond motifs is 5. The van der Waals surface area contributed by atoms with Crippen LogP contribution in [0.25, 0.3) is 0 Å². The van der Waals surface area contributed by atoms with Gasteiger partial charge in [-0.25, -0.2) is 0 Å². The lowest BCUT2D eigenvalue weighted by Gasteiger charge is -2.19. The largest absolute Gasteiger partial charge is 0.344 e. The maximum absolute atomic E-state index is 11.5. The Morgan fingerprint density at radius 1 is 1.31 bits per heavy atom. The Hall–Kier alpha value is -0.410. The van der Waals surface area contributed by atoms with Gasteiger partial charge < -0.3 is 9.47 Å². The van der Waals surface area contributed by atoms with E-state index in [1.54, 1.807) is 0 Å². The van der Waals surface area contributed by atoms with Crippen LogP contribution in [0.15, 0.2) is 0 Å². The van der Waals surface area contributed by atoms with Crippen LogP contribution < -0.4 is 0 Å². The second-order valence-electron chi connectivity index (χ2n) is 4.84. The Morgan fingerprint density at radius 2 is 2.00 bits per heavy atom. The highest BCUT2D eigenvalue weighted by Gasteiger charge is 2.59. The van der Waals surface area contributed by atoms with Crippen molar-refractivity contribution in [1.82, 2.24) is 0 Å². The van der Waals surface area contributed by atoms with Crippen LogP contribution in [0.5, 0.6) is 0 Å². The van der Waals surface area contributed by atoms with Gasteiger partial charge in [0, 0.05) is 12.3 Å². The predicted molar refractivity (Wildman–Crippen MR) is 45.0 cm³/mol. The van der Waals surface area contributed by atoms with Gasteiger partial charge in [0.15, 0.2) is 5.79 Å². The van der Waals surface area contributed by atoms with Crippen LogP contribution in [0.3, 0.4) is 0 Å². The third-order valence-corrected chi connectivity index (χ3v) is 3.46. The molecule has 3 heteroatoms. The van der Waals surface area contributed by atoms with Gasteiger partial charge in [-0.05, 0) is 26.2 Å².